The summed E-state index contributed by atoms with van der Waals surface area (Å²) in [4.78, 5) is 34.1. The van der Waals surface area contributed by atoms with Gasteiger partial charge >= 0.3 is 11.9 Å². The molecule has 148 valence electrons. The Bertz CT molecular complexity index is 1020. The van der Waals surface area contributed by atoms with Crippen LogP contribution in [0.25, 0.3) is 0 Å². The number of halogens is 1. The molecule has 1 unspecified atom stereocenters. The van der Waals surface area contributed by atoms with Gasteiger partial charge in [-0.2, -0.15) is 0 Å². The highest BCUT2D eigenvalue weighted by molar-refractivity contribution is 6.30. The van der Waals surface area contributed by atoms with E-state index in [-0.39, 0.29) is 5.76 Å². The van der Waals surface area contributed by atoms with Crippen LogP contribution in [0.2, 0.25) is 5.02 Å². The first kappa shape index (κ1) is 20.1. The van der Waals surface area contributed by atoms with Gasteiger partial charge in [-0.15, -0.1) is 0 Å². The van der Waals surface area contributed by atoms with Crippen molar-refractivity contribution in [3.63, 3.8) is 0 Å². The molecule has 0 aliphatic carbocycles. The molecule has 3 aromatic rings. The van der Waals surface area contributed by atoms with Crippen molar-refractivity contribution in [1.82, 2.24) is 5.32 Å². The Morgan fingerprint density at radius 2 is 1.69 bits per heavy atom. The van der Waals surface area contributed by atoms with Gasteiger partial charge in [-0.1, -0.05) is 54.1 Å². The van der Waals surface area contributed by atoms with Crippen molar-refractivity contribution in [3.05, 3.63) is 98.8 Å². The van der Waals surface area contributed by atoms with Crippen LogP contribution in [0.4, 0.5) is 5.88 Å². The molecule has 0 saturated heterocycles. The van der Waals surface area contributed by atoms with Crippen LogP contribution >= 0.6 is 11.6 Å². The van der Waals surface area contributed by atoms with Crippen LogP contribution in [0.1, 0.15) is 27.7 Å². The number of carbonyl (C=O) groups is 2. The van der Waals surface area contributed by atoms with Crippen molar-refractivity contribution in [2.24, 2.45) is 0 Å². The average Bonchev–Trinajstić information content (AvgIpc) is 3.22. The fraction of sp³-hybridized carbons (Fsp3) is 0.100. The van der Waals surface area contributed by atoms with Crippen molar-refractivity contribution in [3.8, 4) is 0 Å². The molecule has 0 spiro atoms. The minimum absolute atomic E-state index is 0.359. The molecule has 1 amide bonds. The summed E-state index contributed by atoms with van der Waals surface area (Å²) in [5, 5.41) is 14.0. The number of amides is 1. The first-order valence-corrected chi connectivity index (χ1v) is 8.83. The Kier molecular flexibility index (Phi) is 6.25. The number of ether oxygens (including phenoxy) is 1. The summed E-state index contributed by atoms with van der Waals surface area (Å²) in [6, 6.07) is 17.9. The summed E-state index contributed by atoms with van der Waals surface area (Å²) in [5.74, 6) is -2.48. The van der Waals surface area contributed by atoms with Crippen molar-refractivity contribution in [2.75, 3.05) is 6.61 Å². The lowest BCUT2D eigenvalue weighted by atomic mass is 9.99. The van der Waals surface area contributed by atoms with Crippen molar-refractivity contribution in [1.29, 1.82) is 0 Å². The van der Waals surface area contributed by atoms with Gasteiger partial charge in [-0.05, 0) is 29.3 Å². The van der Waals surface area contributed by atoms with Gasteiger partial charge in [0, 0.05) is 5.02 Å². The van der Waals surface area contributed by atoms with Crippen molar-refractivity contribution >= 4 is 29.4 Å². The van der Waals surface area contributed by atoms with Crippen LogP contribution in [0.3, 0.4) is 0 Å². The Hall–Kier alpha value is -3.65. The number of nitrogens with one attached hydrogen (secondary N) is 1. The molecule has 8 nitrogen and oxygen atoms in total. The minimum Gasteiger partial charge on any atom is -0.450 e. The second-order valence-corrected chi connectivity index (χ2v) is 6.37. The predicted octanol–water partition coefficient (Wildman–Crippen LogP) is 3.90. The summed E-state index contributed by atoms with van der Waals surface area (Å²) in [6.07, 6.45) is 0. The minimum atomic E-state index is -0.976. The number of benzene rings is 2. The van der Waals surface area contributed by atoms with Crippen LogP contribution in [0.15, 0.2) is 71.1 Å². The molecular formula is C20H15ClN2O6. The van der Waals surface area contributed by atoms with Gasteiger partial charge in [0.15, 0.2) is 6.61 Å². The lowest BCUT2D eigenvalue weighted by Gasteiger charge is -2.20. The van der Waals surface area contributed by atoms with E-state index in [1.54, 1.807) is 24.3 Å². The van der Waals surface area contributed by atoms with Gasteiger partial charge in [0.05, 0.1) is 12.1 Å². The molecule has 0 bridgehead atoms. The topological polar surface area (TPSA) is 112 Å². The number of carbonyl (C=O) groups excluding carboxylic acids is 2. The van der Waals surface area contributed by atoms with Gasteiger partial charge in [-0.3, -0.25) is 14.9 Å². The predicted molar refractivity (Wildman–Crippen MR) is 104 cm³/mol. The fourth-order valence-corrected chi connectivity index (χ4v) is 2.73. The first-order chi connectivity index (χ1) is 13.9. The Morgan fingerprint density at radius 1 is 1.03 bits per heavy atom. The van der Waals surface area contributed by atoms with Crippen LogP contribution in [-0.2, 0) is 9.53 Å². The molecular weight excluding hydrogens is 400 g/mol. The number of rotatable bonds is 7. The number of furan rings is 1. The monoisotopic (exact) mass is 414 g/mol. The number of hydrogen-bond acceptors (Lipinski definition) is 6. The SMILES string of the molecule is O=C(COC(=O)c1ccc([N+](=O)[O-])o1)NC(c1ccccc1)c1ccc(Cl)cc1. The van der Waals surface area contributed by atoms with Gasteiger partial charge in [0.1, 0.15) is 4.92 Å². The van der Waals surface area contributed by atoms with E-state index >= 15 is 0 Å². The molecule has 3 rings (SSSR count). The molecule has 1 N–H and O–H groups in total. The zero-order valence-corrected chi connectivity index (χ0v) is 15.7. The van der Waals surface area contributed by atoms with E-state index in [0.717, 1.165) is 23.3 Å². The Balaban J connectivity index is 1.67. The Morgan fingerprint density at radius 3 is 2.31 bits per heavy atom. The van der Waals surface area contributed by atoms with Gasteiger partial charge < -0.3 is 14.5 Å². The van der Waals surface area contributed by atoms with E-state index in [2.05, 4.69) is 5.32 Å². The zero-order valence-electron chi connectivity index (χ0n) is 14.9. The highest BCUT2D eigenvalue weighted by Crippen LogP contribution is 2.23. The number of hydrogen-bond donors (Lipinski definition) is 1. The maximum absolute atomic E-state index is 12.4. The molecule has 0 aliphatic rings. The normalized spacial score (nSPS) is 11.5. The Labute approximate surface area is 170 Å². The summed E-state index contributed by atoms with van der Waals surface area (Å²) in [7, 11) is 0. The van der Waals surface area contributed by atoms with Crippen molar-refractivity contribution < 1.29 is 23.7 Å². The standard InChI is InChI=1S/C20H15ClN2O6/c21-15-8-6-14(7-9-15)19(13-4-2-1-3-5-13)22-17(24)12-28-20(25)16-10-11-18(29-16)23(26)27/h1-11,19H,12H2,(H,22,24). The van der Waals surface area contributed by atoms with Crippen LogP contribution in [0, 0.1) is 10.1 Å². The highest BCUT2D eigenvalue weighted by Gasteiger charge is 2.21. The largest absolute Gasteiger partial charge is 0.450 e. The smallest absolute Gasteiger partial charge is 0.433 e. The molecule has 1 aromatic heterocycles. The molecule has 0 aliphatic heterocycles. The second kappa shape index (κ2) is 9.03. The average molecular weight is 415 g/mol. The number of nitro groups is 1. The maximum atomic E-state index is 12.4. The van der Waals surface area contributed by atoms with Gasteiger partial charge in [-0.25, -0.2) is 4.79 Å². The lowest BCUT2D eigenvalue weighted by molar-refractivity contribution is -0.402. The quantitative estimate of drug-likeness (QED) is 0.356. The van der Waals surface area contributed by atoms with Crippen molar-refractivity contribution in [2.45, 2.75) is 6.04 Å². The third-order valence-electron chi connectivity index (χ3n) is 3.95. The molecule has 29 heavy (non-hydrogen) atoms. The molecule has 1 atom stereocenters. The lowest BCUT2D eigenvalue weighted by Crippen LogP contribution is -2.33. The molecule has 1 heterocycles. The van der Waals surface area contributed by atoms with E-state index in [1.165, 1.54) is 0 Å². The molecule has 0 fully saturated rings. The first-order valence-electron chi connectivity index (χ1n) is 8.45. The van der Waals surface area contributed by atoms with E-state index < -0.39 is 35.3 Å². The number of nitrogens with zero attached hydrogens (tertiary/aromatic N) is 1. The van der Waals surface area contributed by atoms with Crippen LogP contribution < -0.4 is 5.32 Å². The van der Waals surface area contributed by atoms with E-state index in [1.807, 2.05) is 30.3 Å². The van der Waals surface area contributed by atoms with E-state index in [9.17, 15) is 19.7 Å². The van der Waals surface area contributed by atoms with Crippen LogP contribution in [-0.4, -0.2) is 23.4 Å². The van der Waals surface area contributed by atoms with Gasteiger partial charge in [0.25, 0.3) is 5.91 Å². The zero-order chi connectivity index (χ0) is 20.8. The number of esters is 1. The summed E-state index contributed by atoms with van der Waals surface area (Å²) >= 11 is 5.94. The third kappa shape index (κ3) is 5.20. The molecule has 0 radical (unpaired) electrons. The van der Waals surface area contributed by atoms with Gasteiger partial charge in [0.2, 0.25) is 5.76 Å². The fourth-order valence-electron chi connectivity index (χ4n) is 2.60. The van der Waals surface area contributed by atoms with Crippen LogP contribution in [0.5, 0.6) is 0 Å². The summed E-state index contributed by atoms with van der Waals surface area (Å²) in [6.45, 7) is -0.579. The molecule has 0 saturated carbocycles. The second-order valence-electron chi connectivity index (χ2n) is 5.93. The third-order valence-corrected chi connectivity index (χ3v) is 4.20. The highest BCUT2D eigenvalue weighted by atomic mass is 35.5. The summed E-state index contributed by atoms with van der Waals surface area (Å²) < 4.78 is 9.64. The molecule has 2 aromatic carbocycles. The van der Waals surface area contributed by atoms with E-state index in [4.69, 9.17) is 20.8 Å². The van der Waals surface area contributed by atoms with E-state index in [0.29, 0.717) is 5.02 Å². The maximum Gasteiger partial charge on any atom is 0.433 e. The summed E-state index contributed by atoms with van der Waals surface area (Å²) in [5.41, 5.74) is 1.62. The molecule has 9 heteroatoms.